The largest absolute Gasteiger partial charge is 0.209 e. The molecule has 0 fully saturated rings. The van der Waals surface area contributed by atoms with Crippen LogP contribution in [0.15, 0.2) is 30.5 Å². The molecule has 1 aromatic heterocycles. The average Bonchev–Trinajstić information content (AvgIpc) is 2.68. The van der Waals surface area contributed by atoms with E-state index in [-0.39, 0.29) is 0 Å². The molecule has 0 bridgehead atoms. The summed E-state index contributed by atoms with van der Waals surface area (Å²) in [4.78, 5) is 2.00. The molecule has 1 aromatic carbocycles. The van der Waals surface area contributed by atoms with Gasteiger partial charge in [0.25, 0.3) is 0 Å². The van der Waals surface area contributed by atoms with Gasteiger partial charge in [-0.15, -0.1) is 0 Å². The number of rotatable bonds is 4. The van der Waals surface area contributed by atoms with E-state index in [9.17, 15) is 0 Å². The van der Waals surface area contributed by atoms with Gasteiger partial charge in [0.2, 0.25) is 6.20 Å². The molecule has 0 aliphatic rings. The number of hydrogen-bond donors (Lipinski definition) is 0. The lowest BCUT2D eigenvalue weighted by Crippen LogP contribution is -2.42. The molecule has 90 valence electrons. The summed E-state index contributed by atoms with van der Waals surface area (Å²) in [6.45, 7) is 5.18. The second kappa shape index (κ2) is 5.13. The van der Waals surface area contributed by atoms with E-state index in [2.05, 4.69) is 47.9 Å². The number of aromatic nitrogens is 3. The zero-order valence-electron chi connectivity index (χ0n) is 10.8. The minimum atomic E-state index is 0.926. The lowest BCUT2D eigenvalue weighted by molar-refractivity contribution is -0.763. The molecule has 0 N–H and O–H groups in total. The summed E-state index contributed by atoms with van der Waals surface area (Å²) in [6.07, 6.45) is 4.03. The third kappa shape index (κ3) is 2.73. The predicted molar refractivity (Wildman–Crippen MR) is 67.7 cm³/mol. The Morgan fingerprint density at radius 2 is 1.82 bits per heavy atom. The third-order valence-corrected chi connectivity index (χ3v) is 3.27. The molecule has 2 aromatic rings. The maximum atomic E-state index is 4.34. The van der Waals surface area contributed by atoms with E-state index in [4.69, 9.17) is 0 Å². The topological polar surface area (TPSA) is 21.7 Å². The summed E-state index contributed by atoms with van der Waals surface area (Å²) < 4.78 is 2.08. The van der Waals surface area contributed by atoms with Crippen molar-refractivity contribution < 1.29 is 4.68 Å². The van der Waals surface area contributed by atoms with Crippen molar-refractivity contribution in [1.29, 1.82) is 0 Å². The van der Waals surface area contributed by atoms with Crippen LogP contribution < -0.4 is 4.68 Å². The van der Waals surface area contributed by atoms with Gasteiger partial charge in [0, 0.05) is 12.0 Å². The fourth-order valence-electron chi connectivity index (χ4n) is 1.87. The molecule has 0 atom stereocenters. The van der Waals surface area contributed by atoms with Crippen molar-refractivity contribution >= 4 is 0 Å². The van der Waals surface area contributed by atoms with Gasteiger partial charge in [-0.25, -0.2) is 0 Å². The first-order valence-corrected chi connectivity index (χ1v) is 6.17. The molecule has 1 heterocycles. The molecule has 17 heavy (non-hydrogen) atoms. The van der Waals surface area contributed by atoms with E-state index < -0.39 is 0 Å². The minimum absolute atomic E-state index is 0.926. The SMILES string of the molecule is CCc1ccc(CCn2ncc(C)[n+]2C)cc1. The average molecular weight is 230 g/mol. The van der Waals surface area contributed by atoms with Gasteiger partial charge in [-0.3, -0.25) is 0 Å². The molecule has 3 nitrogen and oxygen atoms in total. The van der Waals surface area contributed by atoms with Crippen LogP contribution >= 0.6 is 0 Å². The lowest BCUT2D eigenvalue weighted by Gasteiger charge is -2.02. The van der Waals surface area contributed by atoms with Crippen molar-refractivity contribution in [3.05, 3.63) is 47.3 Å². The number of hydrogen-bond acceptors (Lipinski definition) is 1. The molecule has 2 rings (SSSR count). The van der Waals surface area contributed by atoms with E-state index >= 15 is 0 Å². The smallest absolute Gasteiger partial charge is 0.161 e. The van der Waals surface area contributed by atoms with Gasteiger partial charge in [0.1, 0.15) is 13.6 Å². The van der Waals surface area contributed by atoms with Crippen molar-refractivity contribution in [2.75, 3.05) is 0 Å². The van der Waals surface area contributed by atoms with Crippen molar-refractivity contribution in [1.82, 2.24) is 9.90 Å². The van der Waals surface area contributed by atoms with Crippen LogP contribution in [0, 0.1) is 6.92 Å². The fraction of sp³-hybridized carbons (Fsp3) is 0.429. The van der Waals surface area contributed by atoms with Gasteiger partial charge >= 0.3 is 0 Å². The van der Waals surface area contributed by atoms with Crippen LogP contribution in [-0.2, 0) is 26.4 Å². The summed E-state index contributed by atoms with van der Waals surface area (Å²) in [6, 6.07) is 8.86. The highest BCUT2D eigenvalue weighted by molar-refractivity contribution is 5.22. The van der Waals surface area contributed by atoms with Crippen molar-refractivity contribution in [3.63, 3.8) is 0 Å². The van der Waals surface area contributed by atoms with Crippen LogP contribution in [0.25, 0.3) is 0 Å². The summed E-state index contributed by atoms with van der Waals surface area (Å²) >= 11 is 0. The molecule has 0 spiro atoms. The van der Waals surface area contributed by atoms with Gasteiger partial charge in [-0.2, -0.15) is 4.68 Å². The van der Waals surface area contributed by atoms with Gasteiger partial charge in [0.15, 0.2) is 5.69 Å². The third-order valence-electron chi connectivity index (χ3n) is 3.27. The Balaban J connectivity index is 2.00. The fourth-order valence-corrected chi connectivity index (χ4v) is 1.87. The quantitative estimate of drug-likeness (QED) is 0.734. The van der Waals surface area contributed by atoms with E-state index in [0.717, 1.165) is 19.4 Å². The summed E-state index contributed by atoms with van der Waals surface area (Å²) in [5, 5.41) is 4.34. The molecular formula is C14H20N3+. The second-order valence-electron chi connectivity index (χ2n) is 4.43. The van der Waals surface area contributed by atoms with Crippen LogP contribution in [0.1, 0.15) is 23.7 Å². The first-order chi connectivity index (χ1) is 8.20. The highest BCUT2D eigenvalue weighted by atomic mass is 15.5. The second-order valence-corrected chi connectivity index (χ2v) is 4.43. The van der Waals surface area contributed by atoms with Crippen LogP contribution in [0.3, 0.4) is 0 Å². The highest BCUT2D eigenvalue weighted by Crippen LogP contribution is 2.06. The summed E-state index contributed by atoms with van der Waals surface area (Å²) in [5.41, 5.74) is 3.95. The zero-order valence-corrected chi connectivity index (χ0v) is 10.8. The standard InChI is InChI=1S/C14H20N3/c1-4-13-5-7-14(8-6-13)9-10-17-15-11-12(2)16(17)3/h5-8,11H,4,9-10H2,1-3H3/q+1. The molecular weight excluding hydrogens is 210 g/mol. The van der Waals surface area contributed by atoms with Gasteiger partial charge in [-0.05, 0) is 28.8 Å². The molecule has 0 amide bonds. The first kappa shape index (κ1) is 11.8. The number of nitrogens with zero attached hydrogens (tertiary/aromatic N) is 3. The summed E-state index contributed by atoms with van der Waals surface area (Å²) in [5.74, 6) is 0. The lowest BCUT2D eigenvalue weighted by atomic mass is 10.1. The van der Waals surface area contributed by atoms with Gasteiger partial charge in [-0.1, -0.05) is 31.2 Å². The first-order valence-electron chi connectivity index (χ1n) is 6.17. The zero-order chi connectivity index (χ0) is 12.3. The van der Waals surface area contributed by atoms with Crippen LogP contribution in [0.4, 0.5) is 0 Å². The van der Waals surface area contributed by atoms with Crippen LogP contribution in [0.5, 0.6) is 0 Å². The van der Waals surface area contributed by atoms with Crippen molar-refractivity contribution in [3.8, 4) is 0 Å². The van der Waals surface area contributed by atoms with E-state index in [1.165, 1.54) is 16.8 Å². The Labute approximate surface area is 103 Å². The Kier molecular flexibility index (Phi) is 3.57. The Morgan fingerprint density at radius 3 is 2.35 bits per heavy atom. The molecule has 0 radical (unpaired) electrons. The molecule has 3 heteroatoms. The summed E-state index contributed by atoms with van der Waals surface area (Å²) in [7, 11) is 2.04. The van der Waals surface area contributed by atoms with E-state index in [1.807, 2.05) is 18.0 Å². The minimum Gasteiger partial charge on any atom is -0.161 e. The van der Waals surface area contributed by atoms with Gasteiger partial charge in [0.05, 0.1) is 0 Å². The predicted octanol–water partition coefficient (Wildman–Crippen LogP) is 1.82. The Hall–Kier alpha value is -1.64. The van der Waals surface area contributed by atoms with Crippen molar-refractivity contribution in [2.24, 2.45) is 7.05 Å². The van der Waals surface area contributed by atoms with Crippen LogP contribution in [-0.4, -0.2) is 9.90 Å². The Bertz CT molecular complexity index is 483. The van der Waals surface area contributed by atoms with E-state index in [0.29, 0.717) is 0 Å². The Morgan fingerprint density at radius 1 is 1.18 bits per heavy atom. The highest BCUT2D eigenvalue weighted by Gasteiger charge is 2.09. The van der Waals surface area contributed by atoms with Gasteiger partial charge < -0.3 is 0 Å². The molecule has 0 saturated carbocycles. The van der Waals surface area contributed by atoms with Crippen LogP contribution in [0.2, 0.25) is 0 Å². The van der Waals surface area contributed by atoms with Crippen molar-refractivity contribution in [2.45, 2.75) is 33.2 Å². The number of benzene rings is 1. The maximum Gasteiger partial charge on any atom is 0.209 e. The molecule has 0 unspecified atom stereocenters. The maximum absolute atomic E-state index is 4.34. The normalized spacial score (nSPS) is 10.8. The number of aryl methyl sites for hydroxylation is 4. The van der Waals surface area contributed by atoms with E-state index in [1.54, 1.807) is 0 Å². The molecule has 0 saturated heterocycles. The molecule has 0 aliphatic carbocycles. The molecule has 0 aliphatic heterocycles. The monoisotopic (exact) mass is 230 g/mol.